The Labute approximate surface area is 215 Å². The fourth-order valence-corrected chi connectivity index (χ4v) is 4.08. The van der Waals surface area contributed by atoms with Gasteiger partial charge in [0.25, 0.3) is 5.91 Å². The SMILES string of the molecule is C[C@H](NC(=O)CCC(=O)c1ccccc1)C(=O)N[C@H]1N=C(c2ccccc2)c2ccccc2N(C)C1=O. The summed E-state index contributed by atoms with van der Waals surface area (Å²) in [5, 5.41) is 5.27. The lowest BCUT2D eigenvalue weighted by Gasteiger charge is -2.22. The molecule has 0 aromatic heterocycles. The summed E-state index contributed by atoms with van der Waals surface area (Å²) in [5.74, 6) is -1.55. The highest BCUT2D eigenvalue weighted by Gasteiger charge is 2.32. The molecule has 3 aromatic rings. The van der Waals surface area contributed by atoms with Crippen molar-refractivity contribution in [3.05, 3.63) is 102 Å². The van der Waals surface area contributed by atoms with Crippen LogP contribution in [0.15, 0.2) is 89.9 Å². The molecule has 1 heterocycles. The number of anilines is 1. The summed E-state index contributed by atoms with van der Waals surface area (Å²) in [6, 6.07) is 24.6. The van der Waals surface area contributed by atoms with Crippen molar-refractivity contribution in [1.29, 1.82) is 0 Å². The summed E-state index contributed by atoms with van der Waals surface area (Å²) in [5.41, 5.74) is 3.37. The third kappa shape index (κ3) is 5.98. The summed E-state index contributed by atoms with van der Waals surface area (Å²) >= 11 is 0. The van der Waals surface area contributed by atoms with Gasteiger partial charge in [-0.15, -0.1) is 0 Å². The minimum atomic E-state index is -1.18. The normalized spacial score (nSPS) is 15.6. The molecular weight excluding hydrogens is 468 g/mol. The van der Waals surface area contributed by atoms with Crippen LogP contribution in [0.4, 0.5) is 5.69 Å². The zero-order valence-electron chi connectivity index (χ0n) is 20.7. The van der Waals surface area contributed by atoms with Gasteiger partial charge in [0.1, 0.15) is 6.04 Å². The average Bonchev–Trinajstić information content (AvgIpc) is 3.03. The fraction of sp³-hybridized carbons (Fsp3) is 0.207. The molecule has 37 heavy (non-hydrogen) atoms. The molecule has 1 aliphatic heterocycles. The smallest absolute Gasteiger partial charge is 0.272 e. The number of nitrogens with zero attached hydrogens (tertiary/aromatic N) is 2. The first kappa shape index (κ1) is 25.5. The molecule has 0 unspecified atom stereocenters. The fourth-order valence-electron chi connectivity index (χ4n) is 4.08. The van der Waals surface area contributed by atoms with E-state index in [1.165, 1.54) is 11.8 Å². The molecule has 3 aromatic carbocycles. The van der Waals surface area contributed by atoms with Gasteiger partial charge in [-0.2, -0.15) is 0 Å². The van der Waals surface area contributed by atoms with E-state index < -0.39 is 29.9 Å². The van der Waals surface area contributed by atoms with E-state index in [-0.39, 0.29) is 18.6 Å². The third-order valence-corrected chi connectivity index (χ3v) is 6.12. The number of hydrogen-bond donors (Lipinski definition) is 2. The van der Waals surface area contributed by atoms with E-state index in [2.05, 4.69) is 15.6 Å². The van der Waals surface area contributed by atoms with Crippen LogP contribution in [0.5, 0.6) is 0 Å². The predicted molar refractivity (Wildman–Crippen MR) is 141 cm³/mol. The lowest BCUT2D eigenvalue weighted by Crippen LogP contribution is -2.52. The number of nitrogens with one attached hydrogen (secondary N) is 2. The number of carbonyl (C=O) groups excluding carboxylic acids is 4. The number of Topliss-reactive ketones (excluding diaryl/α,β-unsaturated/α-hetero) is 1. The maximum absolute atomic E-state index is 13.3. The molecule has 3 amide bonds. The molecule has 0 radical (unpaired) electrons. The van der Waals surface area contributed by atoms with Gasteiger partial charge in [-0.05, 0) is 13.0 Å². The number of fused-ring (bicyclic) bond motifs is 1. The van der Waals surface area contributed by atoms with Crippen LogP contribution >= 0.6 is 0 Å². The number of carbonyl (C=O) groups is 4. The number of aliphatic imine (C=N–C) groups is 1. The largest absolute Gasteiger partial charge is 0.345 e. The van der Waals surface area contributed by atoms with Gasteiger partial charge in [0, 0.05) is 36.6 Å². The second kappa shape index (κ2) is 11.4. The van der Waals surface area contributed by atoms with Crippen molar-refractivity contribution in [3.8, 4) is 0 Å². The standard InChI is InChI=1S/C29H28N4O4/c1-19(30-25(35)18-17-24(34)20-11-5-3-6-12-20)28(36)32-27-29(37)33(2)23-16-10-9-15-22(23)26(31-27)21-13-7-4-8-14-21/h3-16,19,27H,17-18H2,1-2H3,(H,30,35)(H,32,36)/t19-,27+/m0/s1. The van der Waals surface area contributed by atoms with Crippen LogP contribution in [0.2, 0.25) is 0 Å². The number of rotatable bonds is 8. The highest BCUT2D eigenvalue weighted by molar-refractivity contribution is 6.20. The molecular formula is C29H28N4O4. The highest BCUT2D eigenvalue weighted by Crippen LogP contribution is 2.27. The number of amides is 3. The molecule has 188 valence electrons. The molecule has 0 saturated heterocycles. The minimum absolute atomic E-state index is 0.0269. The number of ketones is 1. The highest BCUT2D eigenvalue weighted by atomic mass is 16.2. The van der Waals surface area contributed by atoms with Crippen LogP contribution in [0, 0.1) is 0 Å². The monoisotopic (exact) mass is 496 g/mol. The van der Waals surface area contributed by atoms with Gasteiger partial charge in [0.15, 0.2) is 5.78 Å². The minimum Gasteiger partial charge on any atom is -0.345 e. The van der Waals surface area contributed by atoms with E-state index in [9.17, 15) is 19.2 Å². The maximum atomic E-state index is 13.3. The Morgan fingerprint density at radius 1 is 0.892 bits per heavy atom. The van der Waals surface area contributed by atoms with Gasteiger partial charge < -0.3 is 15.5 Å². The van der Waals surface area contributed by atoms with Crippen molar-refractivity contribution in [2.24, 2.45) is 4.99 Å². The van der Waals surface area contributed by atoms with Crippen LogP contribution < -0.4 is 15.5 Å². The van der Waals surface area contributed by atoms with Crippen molar-refractivity contribution >= 4 is 34.9 Å². The Kier molecular flexibility index (Phi) is 7.88. The van der Waals surface area contributed by atoms with Gasteiger partial charge in [-0.1, -0.05) is 78.9 Å². The zero-order valence-corrected chi connectivity index (χ0v) is 20.7. The van der Waals surface area contributed by atoms with Crippen molar-refractivity contribution in [1.82, 2.24) is 10.6 Å². The van der Waals surface area contributed by atoms with E-state index in [0.717, 1.165) is 11.1 Å². The van der Waals surface area contributed by atoms with Crippen molar-refractivity contribution in [3.63, 3.8) is 0 Å². The predicted octanol–water partition coefficient (Wildman–Crippen LogP) is 3.11. The maximum Gasteiger partial charge on any atom is 0.272 e. The van der Waals surface area contributed by atoms with Crippen molar-refractivity contribution in [2.45, 2.75) is 32.0 Å². The van der Waals surface area contributed by atoms with Crippen molar-refractivity contribution in [2.75, 3.05) is 11.9 Å². The molecule has 1 aliphatic rings. The van der Waals surface area contributed by atoms with E-state index in [1.54, 1.807) is 31.3 Å². The Morgan fingerprint density at radius 3 is 2.22 bits per heavy atom. The first-order chi connectivity index (χ1) is 17.8. The van der Waals surface area contributed by atoms with Crippen LogP contribution in [0.1, 0.15) is 41.3 Å². The van der Waals surface area contributed by atoms with Crippen molar-refractivity contribution < 1.29 is 19.2 Å². The second-order valence-electron chi connectivity index (χ2n) is 8.75. The number of likely N-dealkylation sites (N-methyl/N-ethyl adjacent to an activating group) is 1. The molecule has 4 rings (SSSR count). The van der Waals surface area contributed by atoms with Crippen LogP contribution in [-0.2, 0) is 14.4 Å². The zero-order chi connectivity index (χ0) is 26.4. The van der Waals surface area contributed by atoms with Crippen LogP contribution in [0.25, 0.3) is 0 Å². The summed E-state index contributed by atoms with van der Waals surface area (Å²) in [4.78, 5) is 57.0. The Morgan fingerprint density at radius 2 is 1.51 bits per heavy atom. The summed E-state index contributed by atoms with van der Waals surface area (Å²) in [6.07, 6.45) is -1.21. The van der Waals surface area contributed by atoms with Gasteiger partial charge in [0.05, 0.1) is 11.4 Å². The van der Waals surface area contributed by atoms with E-state index >= 15 is 0 Å². The first-order valence-corrected chi connectivity index (χ1v) is 12.0. The number of para-hydroxylation sites is 1. The lowest BCUT2D eigenvalue weighted by atomic mass is 10.0. The Balaban J connectivity index is 1.45. The number of benzene rings is 3. The van der Waals surface area contributed by atoms with Gasteiger partial charge in [-0.25, -0.2) is 4.99 Å². The van der Waals surface area contributed by atoms with E-state index in [0.29, 0.717) is 17.0 Å². The lowest BCUT2D eigenvalue weighted by molar-refractivity contribution is -0.130. The molecule has 8 heteroatoms. The molecule has 8 nitrogen and oxygen atoms in total. The summed E-state index contributed by atoms with van der Waals surface area (Å²) in [6.45, 7) is 1.52. The number of hydrogen-bond acceptors (Lipinski definition) is 5. The van der Waals surface area contributed by atoms with Gasteiger partial charge in [-0.3, -0.25) is 19.2 Å². The molecule has 0 saturated carbocycles. The van der Waals surface area contributed by atoms with Gasteiger partial charge in [0.2, 0.25) is 18.0 Å². The molecule has 0 bridgehead atoms. The Hall–Kier alpha value is -4.59. The molecule has 0 aliphatic carbocycles. The third-order valence-electron chi connectivity index (χ3n) is 6.12. The summed E-state index contributed by atoms with van der Waals surface area (Å²) < 4.78 is 0. The molecule has 0 spiro atoms. The van der Waals surface area contributed by atoms with Crippen LogP contribution in [-0.4, -0.2) is 48.5 Å². The Bertz CT molecular complexity index is 1340. The summed E-state index contributed by atoms with van der Waals surface area (Å²) in [7, 11) is 1.64. The molecule has 2 atom stereocenters. The van der Waals surface area contributed by atoms with E-state index in [4.69, 9.17) is 0 Å². The van der Waals surface area contributed by atoms with E-state index in [1.807, 2.05) is 60.7 Å². The van der Waals surface area contributed by atoms with Crippen LogP contribution in [0.3, 0.4) is 0 Å². The number of benzodiazepines with no additional fused rings is 1. The first-order valence-electron chi connectivity index (χ1n) is 12.0. The quantitative estimate of drug-likeness (QED) is 0.467. The second-order valence-corrected chi connectivity index (χ2v) is 8.75. The average molecular weight is 497 g/mol. The molecule has 0 fully saturated rings. The topological polar surface area (TPSA) is 108 Å². The molecule has 2 N–H and O–H groups in total. The van der Waals surface area contributed by atoms with Gasteiger partial charge >= 0.3 is 0 Å².